The third-order valence-corrected chi connectivity index (χ3v) is 5.51. The lowest BCUT2D eigenvalue weighted by molar-refractivity contribution is -0.119. The summed E-state index contributed by atoms with van der Waals surface area (Å²) in [6.45, 7) is 3.32. The van der Waals surface area contributed by atoms with Crippen molar-refractivity contribution in [1.29, 1.82) is 0 Å². The average Bonchev–Trinajstić information content (AvgIpc) is 3.16. The molecule has 1 saturated heterocycles. The maximum absolute atomic E-state index is 12.2. The third-order valence-electron chi connectivity index (χ3n) is 4.33. The molecule has 1 N–H and O–H groups in total. The summed E-state index contributed by atoms with van der Waals surface area (Å²) in [5.74, 6) is 0.752. The number of likely N-dealkylation sites (tertiary alicyclic amines) is 1. The van der Waals surface area contributed by atoms with Crippen LogP contribution in [0.25, 0.3) is 0 Å². The van der Waals surface area contributed by atoms with Crippen LogP contribution in [-0.4, -0.2) is 41.6 Å². The molecule has 6 heteroatoms. The summed E-state index contributed by atoms with van der Waals surface area (Å²) in [7, 11) is 0. The number of furan rings is 1. The van der Waals surface area contributed by atoms with Crippen LogP contribution in [0, 0.1) is 6.92 Å². The Balaban J connectivity index is 1.42. The lowest BCUT2D eigenvalue weighted by atomic mass is 10.0. The van der Waals surface area contributed by atoms with Crippen LogP contribution in [0.2, 0.25) is 0 Å². The summed E-state index contributed by atoms with van der Waals surface area (Å²) in [6.07, 6.45) is 3.05. The van der Waals surface area contributed by atoms with Crippen LogP contribution in [0.15, 0.2) is 52.0 Å². The number of amides is 2. The van der Waals surface area contributed by atoms with E-state index in [4.69, 9.17) is 4.42 Å². The molecule has 0 saturated carbocycles. The minimum absolute atomic E-state index is 0.0454. The molecule has 3 rings (SSSR count). The highest BCUT2D eigenvalue weighted by Gasteiger charge is 2.25. The normalized spacial score (nSPS) is 15.2. The van der Waals surface area contributed by atoms with Crippen molar-refractivity contribution in [2.75, 3.05) is 18.8 Å². The zero-order valence-corrected chi connectivity index (χ0v) is 15.1. The molecule has 1 aromatic heterocycles. The maximum atomic E-state index is 12.2. The number of piperidine rings is 1. The SMILES string of the molecule is Cc1ccccc1SCC(=O)NC1CCN(C(=O)c2ccco2)CC1. The third kappa shape index (κ3) is 4.66. The summed E-state index contributed by atoms with van der Waals surface area (Å²) < 4.78 is 5.16. The van der Waals surface area contributed by atoms with Crippen molar-refractivity contribution in [3.63, 3.8) is 0 Å². The molecule has 0 aliphatic carbocycles. The summed E-state index contributed by atoms with van der Waals surface area (Å²) in [5, 5.41) is 3.08. The Labute approximate surface area is 151 Å². The second-order valence-electron chi connectivity index (χ2n) is 6.17. The van der Waals surface area contributed by atoms with Crippen LogP contribution in [-0.2, 0) is 4.79 Å². The number of carbonyl (C=O) groups excluding carboxylic acids is 2. The molecule has 0 unspecified atom stereocenters. The van der Waals surface area contributed by atoms with Crippen LogP contribution < -0.4 is 5.32 Å². The lowest BCUT2D eigenvalue weighted by Crippen LogP contribution is -2.46. The fourth-order valence-corrected chi connectivity index (χ4v) is 3.75. The maximum Gasteiger partial charge on any atom is 0.289 e. The van der Waals surface area contributed by atoms with Gasteiger partial charge in [-0.1, -0.05) is 18.2 Å². The van der Waals surface area contributed by atoms with Crippen LogP contribution >= 0.6 is 11.8 Å². The van der Waals surface area contributed by atoms with Gasteiger partial charge >= 0.3 is 0 Å². The molecule has 2 aromatic rings. The number of rotatable bonds is 5. The number of nitrogens with one attached hydrogen (secondary N) is 1. The van der Waals surface area contributed by atoms with E-state index in [9.17, 15) is 9.59 Å². The standard InChI is InChI=1S/C19H22N2O3S/c1-14-5-2-3-7-17(14)25-13-18(22)20-15-8-10-21(11-9-15)19(23)16-6-4-12-24-16/h2-7,12,15H,8-11,13H2,1H3,(H,20,22). The Hall–Kier alpha value is -2.21. The van der Waals surface area contributed by atoms with Gasteiger partial charge in [0.2, 0.25) is 5.91 Å². The smallest absolute Gasteiger partial charge is 0.289 e. The molecule has 1 aromatic carbocycles. The first-order valence-corrected chi connectivity index (χ1v) is 9.42. The van der Waals surface area contributed by atoms with Gasteiger partial charge in [-0.2, -0.15) is 0 Å². The second kappa shape index (κ2) is 8.25. The van der Waals surface area contributed by atoms with E-state index in [1.165, 1.54) is 11.8 Å². The Morgan fingerprint density at radius 2 is 1.96 bits per heavy atom. The lowest BCUT2D eigenvalue weighted by Gasteiger charge is -2.31. The second-order valence-corrected chi connectivity index (χ2v) is 7.18. The molecular formula is C19H22N2O3S. The van der Waals surface area contributed by atoms with E-state index in [1.807, 2.05) is 31.2 Å². The van der Waals surface area contributed by atoms with E-state index in [1.54, 1.807) is 28.8 Å². The first-order valence-electron chi connectivity index (χ1n) is 8.44. The van der Waals surface area contributed by atoms with Crippen molar-refractivity contribution in [3.05, 3.63) is 54.0 Å². The number of hydrogen-bond donors (Lipinski definition) is 1. The molecule has 1 fully saturated rings. The molecule has 1 aliphatic heterocycles. The van der Waals surface area contributed by atoms with Crippen LogP contribution in [0.5, 0.6) is 0 Å². The zero-order chi connectivity index (χ0) is 17.6. The molecule has 132 valence electrons. The van der Waals surface area contributed by atoms with Gasteiger partial charge in [0.15, 0.2) is 5.76 Å². The van der Waals surface area contributed by atoms with Crippen molar-refractivity contribution in [3.8, 4) is 0 Å². The van der Waals surface area contributed by atoms with Gasteiger partial charge < -0.3 is 14.6 Å². The van der Waals surface area contributed by atoms with E-state index in [0.717, 1.165) is 17.7 Å². The number of nitrogens with zero attached hydrogens (tertiary/aromatic N) is 1. The highest BCUT2D eigenvalue weighted by Crippen LogP contribution is 2.21. The van der Waals surface area contributed by atoms with Crippen LogP contribution in [0.4, 0.5) is 0 Å². The number of benzene rings is 1. The van der Waals surface area contributed by atoms with E-state index < -0.39 is 0 Å². The number of aryl methyl sites for hydroxylation is 1. The van der Waals surface area contributed by atoms with E-state index in [-0.39, 0.29) is 17.9 Å². The van der Waals surface area contributed by atoms with E-state index >= 15 is 0 Å². The molecule has 0 spiro atoms. The van der Waals surface area contributed by atoms with Crippen molar-refractivity contribution >= 4 is 23.6 Å². The molecule has 1 aliphatic rings. The summed E-state index contributed by atoms with van der Waals surface area (Å²) in [4.78, 5) is 27.3. The highest BCUT2D eigenvalue weighted by molar-refractivity contribution is 8.00. The molecule has 2 heterocycles. The summed E-state index contributed by atoms with van der Waals surface area (Å²) >= 11 is 1.56. The van der Waals surface area contributed by atoms with Crippen molar-refractivity contribution in [2.24, 2.45) is 0 Å². The topological polar surface area (TPSA) is 62.6 Å². The van der Waals surface area contributed by atoms with Gasteiger partial charge in [-0.05, 0) is 43.5 Å². The van der Waals surface area contributed by atoms with Gasteiger partial charge in [-0.15, -0.1) is 11.8 Å². The van der Waals surface area contributed by atoms with Crippen LogP contribution in [0.1, 0.15) is 29.0 Å². The molecule has 2 amide bonds. The number of thioether (sulfide) groups is 1. The first kappa shape index (κ1) is 17.6. The van der Waals surface area contributed by atoms with Crippen molar-refractivity contribution < 1.29 is 14.0 Å². The largest absolute Gasteiger partial charge is 0.459 e. The van der Waals surface area contributed by atoms with Crippen LogP contribution in [0.3, 0.4) is 0 Å². The monoisotopic (exact) mass is 358 g/mol. The number of hydrogen-bond acceptors (Lipinski definition) is 4. The Kier molecular flexibility index (Phi) is 5.81. The predicted octanol–water partition coefficient (Wildman–Crippen LogP) is 3.10. The first-order chi connectivity index (χ1) is 12.1. The van der Waals surface area contributed by atoms with Gasteiger partial charge in [0.25, 0.3) is 5.91 Å². The van der Waals surface area contributed by atoms with Crippen molar-refractivity contribution in [1.82, 2.24) is 10.2 Å². The molecule has 25 heavy (non-hydrogen) atoms. The Morgan fingerprint density at radius 3 is 2.64 bits per heavy atom. The van der Waals surface area contributed by atoms with Gasteiger partial charge in [-0.3, -0.25) is 9.59 Å². The van der Waals surface area contributed by atoms with Gasteiger partial charge in [0.05, 0.1) is 12.0 Å². The fraction of sp³-hybridized carbons (Fsp3) is 0.368. The van der Waals surface area contributed by atoms with E-state index in [2.05, 4.69) is 5.32 Å². The predicted molar refractivity (Wildman–Crippen MR) is 97.7 cm³/mol. The number of carbonyl (C=O) groups is 2. The van der Waals surface area contributed by atoms with Crippen molar-refractivity contribution in [2.45, 2.75) is 30.7 Å². The minimum Gasteiger partial charge on any atom is -0.459 e. The summed E-state index contributed by atoms with van der Waals surface area (Å²) in [6, 6.07) is 11.6. The fourth-order valence-electron chi connectivity index (χ4n) is 2.91. The van der Waals surface area contributed by atoms with Gasteiger partial charge in [-0.25, -0.2) is 0 Å². The molecule has 5 nitrogen and oxygen atoms in total. The molecule has 0 atom stereocenters. The molecule has 0 radical (unpaired) electrons. The summed E-state index contributed by atoms with van der Waals surface area (Å²) in [5.41, 5.74) is 1.19. The Morgan fingerprint density at radius 1 is 1.20 bits per heavy atom. The average molecular weight is 358 g/mol. The van der Waals surface area contributed by atoms with Gasteiger partial charge in [0.1, 0.15) is 0 Å². The molecule has 0 bridgehead atoms. The quantitative estimate of drug-likeness (QED) is 0.834. The zero-order valence-electron chi connectivity index (χ0n) is 14.2. The Bertz CT molecular complexity index is 722. The minimum atomic E-state index is -0.0788. The van der Waals surface area contributed by atoms with Gasteiger partial charge in [0, 0.05) is 24.0 Å². The highest BCUT2D eigenvalue weighted by atomic mass is 32.2. The van der Waals surface area contributed by atoms with E-state index in [0.29, 0.717) is 24.6 Å². The molecular weight excluding hydrogens is 336 g/mol.